The third kappa shape index (κ3) is 3.10. The summed E-state index contributed by atoms with van der Waals surface area (Å²) in [4.78, 5) is 0. The summed E-state index contributed by atoms with van der Waals surface area (Å²) in [6.07, 6.45) is 9.02. The van der Waals surface area contributed by atoms with E-state index in [1.807, 2.05) is 0 Å². The van der Waals surface area contributed by atoms with Crippen molar-refractivity contribution in [2.24, 2.45) is 11.7 Å². The largest absolute Gasteiger partial charge is 0.321 e. The maximum atomic E-state index is 6.71. The summed E-state index contributed by atoms with van der Waals surface area (Å²) in [6.45, 7) is 2.24. The van der Waals surface area contributed by atoms with E-state index in [0.717, 1.165) is 18.8 Å². The molecule has 0 heterocycles. The van der Waals surface area contributed by atoms with Crippen molar-refractivity contribution in [3.63, 3.8) is 0 Å². The van der Waals surface area contributed by atoms with E-state index >= 15 is 0 Å². The van der Waals surface area contributed by atoms with Crippen molar-refractivity contribution in [1.82, 2.24) is 0 Å². The maximum absolute atomic E-state index is 6.71. The third-order valence-electron chi connectivity index (χ3n) is 4.17. The van der Waals surface area contributed by atoms with Crippen LogP contribution in [-0.4, -0.2) is 0 Å². The van der Waals surface area contributed by atoms with Crippen LogP contribution < -0.4 is 5.73 Å². The number of nitrogens with two attached hydrogens (primary N) is 1. The fraction of sp³-hybridized carbons (Fsp3) is 0.625. The molecule has 1 aromatic carbocycles. The van der Waals surface area contributed by atoms with Gasteiger partial charge in [0.1, 0.15) is 0 Å². The van der Waals surface area contributed by atoms with Crippen LogP contribution in [0.2, 0.25) is 0 Å². The Morgan fingerprint density at radius 2 is 1.82 bits per heavy atom. The molecule has 1 nitrogen and oxygen atoms in total. The van der Waals surface area contributed by atoms with E-state index in [4.69, 9.17) is 5.73 Å². The molecule has 1 saturated carbocycles. The topological polar surface area (TPSA) is 26.0 Å². The number of hydrogen-bond acceptors (Lipinski definition) is 1. The van der Waals surface area contributed by atoms with Gasteiger partial charge in [-0.05, 0) is 24.3 Å². The summed E-state index contributed by atoms with van der Waals surface area (Å²) in [7, 11) is 0. The zero-order valence-electron chi connectivity index (χ0n) is 11.0. The van der Waals surface area contributed by atoms with Crippen molar-refractivity contribution in [3.8, 4) is 0 Å². The van der Waals surface area contributed by atoms with E-state index in [1.165, 1.54) is 37.7 Å². The van der Waals surface area contributed by atoms with Gasteiger partial charge in [-0.3, -0.25) is 0 Å². The van der Waals surface area contributed by atoms with Crippen LogP contribution in [0.15, 0.2) is 30.3 Å². The number of rotatable bonds is 5. The highest BCUT2D eigenvalue weighted by Crippen LogP contribution is 2.37. The first-order valence-corrected chi connectivity index (χ1v) is 7.09. The molecule has 2 rings (SSSR count). The molecule has 0 radical (unpaired) electrons. The zero-order valence-corrected chi connectivity index (χ0v) is 11.0. The molecule has 1 heteroatoms. The Bertz CT molecular complexity index is 327. The summed E-state index contributed by atoms with van der Waals surface area (Å²) in [6, 6.07) is 10.7. The fourth-order valence-electron chi connectivity index (χ4n) is 3.31. The smallest absolute Gasteiger partial charge is 0.0412 e. The predicted octanol–water partition coefficient (Wildman–Crippen LogP) is 4.22. The average molecular weight is 231 g/mol. The van der Waals surface area contributed by atoms with Gasteiger partial charge in [0, 0.05) is 5.54 Å². The molecule has 0 bridgehead atoms. The second-order valence-electron chi connectivity index (χ2n) is 5.63. The van der Waals surface area contributed by atoms with Gasteiger partial charge in [0.2, 0.25) is 0 Å². The Balaban J connectivity index is 2.13. The first-order valence-electron chi connectivity index (χ1n) is 7.09. The van der Waals surface area contributed by atoms with Crippen molar-refractivity contribution in [2.45, 2.75) is 57.4 Å². The number of benzene rings is 1. The molecule has 1 atom stereocenters. The van der Waals surface area contributed by atoms with Crippen LogP contribution in [0, 0.1) is 5.92 Å². The van der Waals surface area contributed by atoms with E-state index in [0.29, 0.717) is 0 Å². The van der Waals surface area contributed by atoms with E-state index in [2.05, 4.69) is 37.3 Å². The highest BCUT2D eigenvalue weighted by molar-refractivity contribution is 5.24. The second-order valence-corrected chi connectivity index (χ2v) is 5.63. The van der Waals surface area contributed by atoms with Crippen LogP contribution in [0.1, 0.15) is 57.4 Å². The van der Waals surface area contributed by atoms with E-state index < -0.39 is 0 Å². The number of hydrogen-bond donors (Lipinski definition) is 1. The molecular weight excluding hydrogens is 206 g/mol. The van der Waals surface area contributed by atoms with Gasteiger partial charge >= 0.3 is 0 Å². The van der Waals surface area contributed by atoms with Crippen molar-refractivity contribution >= 4 is 0 Å². The van der Waals surface area contributed by atoms with Gasteiger partial charge < -0.3 is 5.73 Å². The summed E-state index contributed by atoms with van der Waals surface area (Å²) in [5.41, 5.74) is 7.94. The van der Waals surface area contributed by atoms with E-state index in [1.54, 1.807) is 0 Å². The first-order chi connectivity index (χ1) is 8.24. The molecule has 17 heavy (non-hydrogen) atoms. The van der Waals surface area contributed by atoms with Crippen molar-refractivity contribution in [1.29, 1.82) is 0 Å². The monoisotopic (exact) mass is 231 g/mol. The molecule has 0 aromatic heterocycles. The highest BCUT2D eigenvalue weighted by atomic mass is 14.7. The van der Waals surface area contributed by atoms with Gasteiger partial charge in [0.05, 0.1) is 0 Å². The van der Waals surface area contributed by atoms with Gasteiger partial charge in [-0.1, -0.05) is 69.4 Å². The van der Waals surface area contributed by atoms with Crippen LogP contribution in [0.5, 0.6) is 0 Å². The van der Waals surface area contributed by atoms with Crippen LogP contribution in [-0.2, 0) is 5.54 Å². The lowest BCUT2D eigenvalue weighted by Crippen LogP contribution is -2.38. The summed E-state index contributed by atoms with van der Waals surface area (Å²) in [5.74, 6) is 0.853. The van der Waals surface area contributed by atoms with Crippen molar-refractivity contribution < 1.29 is 0 Å². The van der Waals surface area contributed by atoms with Crippen LogP contribution in [0.25, 0.3) is 0 Å². The molecule has 0 spiro atoms. The maximum Gasteiger partial charge on any atom is 0.0412 e. The van der Waals surface area contributed by atoms with Gasteiger partial charge in [-0.15, -0.1) is 0 Å². The zero-order chi connectivity index (χ0) is 12.1. The molecule has 1 fully saturated rings. The lowest BCUT2D eigenvalue weighted by atomic mass is 9.78. The van der Waals surface area contributed by atoms with Gasteiger partial charge in [0.25, 0.3) is 0 Å². The van der Waals surface area contributed by atoms with E-state index in [9.17, 15) is 0 Å². The minimum Gasteiger partial charge on any atom is -0.321 e. The first kappa shape index (κ1) is 12.6. The summed E-state index contributed by atoms with van der Waals surface area (Å²) in [5, 5.41) is 0. The van der Waals surface area contributed by atoms with Crippen LogP contribution in [0.4, 0.5) is 0 Å². The van der Waals surface area contributed by atoms with Crippen LogP contribution >= 0.6 is 0 Å². The molecule has 1 aromatic rings. The predicted molar refractivity (Wildman–Crippen MR) is 73.8 cm³/mol. The molecule has 0 saturated heterocycles. The fourth-order valence-corrected chi connectivity index (χ4v) is 3.31. The standard InChI is InChI=1S/C16H25N/c1-2-12-16(17,13-14-8-6-7-9-14)15-10-4-3-5-11-15/h3-5,10-11,14H,2,6-9,12-13,17H2,1H3. The molecule has 1 unspecified atom stereocenters. The quantitative estimate of drug-likeness (QED) is 0.806. The minimum atomic E-state index is -0.0922. The second kappa shape index (κ2) is 5.68. The molecule has 2 N–H and O–H groups in total. The Morgan fingerprint density at radius 3 is 2.41 bits per heavy atom. The highest BCUT2D eigenvalue weighted by Gasteiger charge is 2.30. The molecular formula is C16H25N. The lowest BCUT2D eigenvalue weighted by Gasteiger charge is -2.32. The van der Waals surface area contributed by atoms with Gasteiger partial charge in [-0.2, -0.15) is 0 Å². The summed E-state index contributed by atoms with van der Waals surface area (Å²) < 4.78 is 0. The van der Waals surface area contributed by atoms with Gasteiger partial charge in [-0.25, -0.2) is 0 Å². The Labute approximate surface area is 105 Å². The Hall–Kier alpha value is -0.820. The Kier molecular flexibility index (Phi) is 4.22. The molecule has 0 amide bonds. The van der Waals surface area contributed by atoms with Gasteiger partial charge in [0.15, 0.2) is 0 Å². The molecule has 1 aliphatic rings. The summed E-state index contributed by atoms with van der Waals surface area (Å²) >= 11 is 0. The SMILES string of the molecule is CCCC(N)(CC1CCCC1)c1ccccc1. The van der Waals surface area contributed by atoms with E-state index in [-0.39, 0.29) is 5.54 Å². The molecule has 0 aliphatic heterocycles. The minimum absolute atomic E-state index is 0.0922. The van der Waals surface area contributed by atoms with Crippen molar-refractivity contribution in [3.05, 3.63) is 35.9 Å². The van der Waals surface area contributed by atoms with Crippen molar-refractivity contribution in [2.75, 3.05) is 0 Å². The molecule has 1 aliphatic carbocycles. The third-order valence-corrected chi connectivity index (χ3v) is 4.17. The Morgan fingerprint density at radius 1 is 1.18 bits per heavy atom. The average Bonchev–Trinajstić information content (AvgIpc) is 2.83. The lowest BCUT2D eigenvalue weighted by molar-refractivity contribution is 0.302. The normalized spacial score (nSPS) is 20.4. The molecule has 94 valence electrons. The van der Waals surface area contributed by atoms with Crippen LogP contribution in [0.3, 0.4) is 0 Å².